The van der Waals surface area contributed by atoms with Crippen molar-refractivity contribution in [2.75, 3.05) is 31.1 Å². The fourth-order valence-corrected chi connectivity index (χ4v) is 4.83. The molecule has 0 bridgehead atoms. The Morgan fingerprint density at radius 3 is 2.31 bits per heavy atom. The minimum absolute atomic E-state index is 0.0251. The molecule has 7 heteroatoms. The summed E-state index contributed by atoms with van der Waals surface area (Å²) in [4.78, 5) is 34.9. The third-order valence-corrected chi connectivity index (χ3v) is 6.82. The van der Waals surface area contributed by atoms with E-state index in [1.807, 2.05) is 59.5 Å². The number of aryl methyl sites for hydroxylation is 3. The third kappa shape index (κ3) is 5.10. The maximum absolute atomic E-state index is 13.4. The standard InChI is InChI=1S/C29H30N4O3/c34-27-13-7-6-12-26(27)31-18-20-32(21-19-31)28(35)15-14-24-29(36)33(17-16-22-8-2-1-3-9-22)25-11-5-4-10-23(25)30-24/h1-13,34H,14-21H2. The van der Waals surface area contributed by atoms with Gasteiger partial charge < -0.3 is 19.5 Å². The summed E-state index contributed by atoms with van der Waals surface area (Å²) in [7, 11) is 0. The van der Waals surface area contributed by atoms with Crippen LogP contribution in [0.1, 0.15) is 17.7 Å². The van der Waals surface area contributed by atoms with Crippen LogP contribution >= 0.6 is 0 Å². The zero-order valence-corrected chi connectivity index (χ0v) is 20.2. The number of nitrogens with zero attached hydrogens (tertiary/aromatic N) is 4. The van der Waals surface area contributed by atoms with E-state index >= 15 is 0 Å². The summed E-state index contributed by atoms with van der Waals surface area (Å²) < 4.78 is 1.79. The fraction of sp³-hybridized carbons (Fsp3) is 0.276. The number of hydrogen-bond donors (Lipinski definition) is 1. The molecular weight excluding hydrogens is 452 g/mol. The van der Waals surface area contributed by atoms with E-state index in [0.29, 0.717) is 44.8 Å². The van der Waals surface area contributed by atoms with Gasteiger partial charge in [-0.3, -0.25) is 9.59 Å². The third-order valence-electron chi connectivity index (χ3n) is 6.82. The molecule has 1 aromatic heterocycles. The van der Waals surface area contributed by atoms with Crippen molar-refractivity contribution in [3.8, 4) is 5.75 Å². The summed E-state index contributed by atoms with van der Waals surface area (Å²) in [6.45, 7) is 3.04. The monoisotopic (exact) mass is 482 g/mol. The lowest BCUT2D eigenvalue weighted by Crippen LogP contribution is -2.49. The highest BCUT2D eigenvalue weighted by molar-refractivity contribution is 5.77. The summed E-state index contributed by atoms with van der Waals surface area (Å²) in [5.41, 5.74) is 3.86. The SMILES string of the molecule is O=C(CCc1nc2ccccc2n(CCc2ccccc2)c1=O)N1CCN(c2ccccc2O)CC1. The maximum Gasteiger partial charge on any atom is 0.272 e. The minimum Gasteiger partial charge on any atom is -0.506 e. The van der Waals surface area contributed by atoms with Gasteiger partial charge in [0, 0.05) is 45.6 Å². The van der Waals surface area contributed by atoms with Gasteiger partial charge in [0.2, 0.25) is 5.91 Å². The number of rotatable bonds is 7. The normalized spacial score (nSPS) is 13.8. The van der Waals surface area contributed by atoms with Crippen LogP contribution in [0, 0.1) is 0 Å². The van der Waals surface area contributed by atoms with Crippen molar-refractivity contribution in [1.82, 2.24) is 14.5 Å². The second-order valence-electron chi connectivity index (χ2n) is 9.10. The van der Waals surface area contributed by atoms with Crippen molar-refractivity contribution in [3.05, 3.63) is 100 Å². The van der Waals surface area contributed by atoms with Crippen molar-refractivity contribution in [3.63, 3.8) is 0 Å². The van der Waals surface area contributed by atoms with E-state index in [2.05, 4.69) is 22.0 Å². The average molecular weight is 483 g/mol. The molecule has 36 heavy (non-hydrogen) atoms. The number of carbonyl (C=O) groups is 1. The Bertz CT molecular complexity index is 1410. The molecule has 4 aromatic rings. The molecule has 1 fully saturated rings. The van der Waals surface area contributed by atoms with E-state index in [4.69, 9.17) is 0 Å². The van der Waals surface area contributed by atoms with Crippen LogP contribution in [0.5, 0.6) is 5.75 Å². The number of fused-ring (bicyclic) bond motifs is 1. The number of amides is 1. The maximum atomic E-state index is 13.4. The number of aromatic hydroxyl groups is 1. The topological polar surface area (TPSA) is 78.7 Å². The zero-order valence-electron chi connectivity index (χ0n) is 20.2. The second kappa shape index (κ2) is 10.6. The van der Waals surface area contributed by atoms with E-state index in [1.54, 1.807) is 16.7 Å². The van der Waals surface area contributed by atoms with E-state index in [0.717, 1.165) is 23.1 Å². The van der Waals surface area contributed by atoms with Crippen molar-refractivity contribution >= 4 is 22.6 Å². The van der Waals surface area contributed by atoms with Gasteiger partial charge in [0.1, 0.15) is 11.4 Å². The molecule has 1 amide bonds. The molecule has 0 unspecified atom stereocenters. The van der Waals surface area contributed by atoms with Gasteiger partial charge in [-0.2, -0.15) is 0 Å². The Balaban J connectivity index is 1.26. The molecule has 1 saturated heterocycles. The number of carbonyl (C=O) groups excluding carboxylic acids is 1. The van der Waals surface area contributed by atoms with Crippen molar-refractivity contribution in [1.29, 1.82) is 0 Å². The van der Waals surface area contributed by atoms with Crippen molar-refractivity contribution < 1.29 is 9.90 Å². The lowest BCUT2D eigenvalue weighted by atomic mass is 10.1. The van der Waals surface area contributed by atoms with Gasteiger partial charge in [-0.25, -0.2) is 4.98 Å². The molecule has 0 aliphatic carbocycles. The highest BCUT2D eigenvalue weighted by Gasteiger charge is 2.23. The summed E-state index contributed by atoms with van der Waals surface area (Å²) in [5.74, 6) is 0.278. The van der Waals surface area contributed by atoms with Gasteiger partial charge >= 0.3 is 0 Å². The van der Waals surface area contributed by atoms with Gasteiger partial charge in [-0.1, -0.05) is 54.6 Å². The van der Waals surface area contributed by atoms with Crippen LogP contribution in [0.15, 0.2) is 83.7 Å². The first-order chi connectivity index (χ1) is 17.6. The van der Waals surface area contributed by atoms with Crippen LogP contribution in [-0.4, -0.2) is 51.6 Å². The molecular formula is C29H30N4O3. The number of aromatic nitrogens is 2. The molecule has 1 N–H and O–H groups in total. The van der Waals surface area contributed by atoms with E-state index < -0.39 is 0 Å². The number of piperazine rings is 1. The van der Waals surface area contributed by atoms with Crippen LogP contribution in [0.3, 0.4) is 0 Å². The second-order valence-corrected chi connectivity index (χ2v) is 9.10. The largest absolute Gasteiger partial charge is 0.506 e. The molecule has 3 aromatic carbocycles. The number of phenols is 1. The van der Waals surface area contributed by atoms with Gasteiger partial charge in [0.15, 0.2) is 0 Å². The summed E-state index contributed by atoms with van der Waals surface area (Å²) in [6, 6.07) is 25.1. The summed E-state index contributed by atoms with van der Waals surface area (Å²) in [5, 5.41) is 10.1. The average Bonchev–Trinajstić information content (AvgIpc) is 2.92. The van der Waals surface area contributed by atoms with Crippen LogP contribution in [0.2, 0.25) is 0 Å². The Morgan fingerprint density at radius 2 is 1.53 bits per heavy atom. The Morgan fingerprint density at radius 1 is 0.833 bits per heavy atom. The first kappa shape index (κ1) is 23.6. The molecule has 1 aliphatic heterocycles. The molecule has 0 spiro atoms. The fourth-order valence-electron chi connectivity index (χ4n) is 4.83. The van der Waals surface area contributed by atoms with E-state index in [1.165, 1.54) is 5.56 Å². The Kier molecular flexibility index (Phi) is 6.98. The first-order valence-electron chi connectivity index (χ1n) is 12.4. The lowest BCUT2D eigenvalue weighted by Gasteiger charge is -2.36. The highest BCUT2D eigenvalue weighted by atomic mass is 16.3. The first-order valence-corrected chi connectivity index (χ1v) is 12.4. The Hall–Kier alpha value is -4.13. The van der Waals surface area contributed by atoms with Crippen LogP contribution < -0.4 is 10.5 Å². The van der Waals surface area contributed by atoms with Crippen LogP contribution in [-0.2, 0) is 24.2 Å². The minimum atomic E-state index is -0.123. The van der Waals surface area contributed by atoms with E-state index in [9.17, 15) is 14.7 Å². The van der Waals surface area contributed by atoms with Crippen molar-refractivity contribution in [2.24, 2.45) is 0 Å². The number of benzene rings is 3. The van der Waals surface area contributed by atoms with Crippen molar-refractivity contribution in [2.45, 2.75) is 25.8 Å². The number of hydrogen-bond acceptors (Lipinski definition) is 5. The molecule has 0 atom stereocenters. The Labute approximate surface area is 210 Å². The molecule has 7 nitrogen and oxygen atoms in total. The van der Waals surface area contributed by atoms with Gasteiger partial charge in [0.05, 0.1) is 16.7 Å². The van der Waals surface area contributed by atoms with Gasteiger partial charge in [-0.05, 0) is 36.2 Å². The molecule has 1 aliphatic rings. The zero-order chi connectivity index (χ0) is 24.9. The number of anilines is 1. The lowest BCUT2D eigenvalue weighted by molar-refractivity contribution is -0.131. The summed E-state index contributed by atoms with van der Waals surface area (Å²) in [6.07, 6.45) is 1.30. The predicted molar refractivity (Wildman–Crippen MR) is 141 cm³/mol. The number of para-hydroxylation sites is 4. The van der Waals surface area contributed by atoms with Gasteiger partial charge in [-0.15, -0.1) is 0 Å². The highest BCUT2D eigenvalue weighted by Crippen LogP contribution is 2.27. The molecule has 5 rings (SSSR count). The quantitative estimate of drug-likeness (QED) is 0.435. The summed E-state index contributed by atoms with van der Waals surface area (Å²) >= 11 is 0. The van der Waals surface area contributed by atoms with Crippen LogP contribution in [0.4, 0.5) is 5.69 Å². The molecule has 0 saturated carbocycles. The smallest absolute Gasteiger partial charge is 0.272 e. The molecule has 184 valence electrons. The predicted octanol–water partition coefficient (Wildman–Crippen LogP) is 3.63. The molecule has 0 radical (unpaired) electrons. The van der Waals surface area contributed by atoms with Gasteiger partial charge in [0.25, 0.3) is 5.56 Å². The molecule has 2 heterocycles. The number of phenolic OH excluding ortho intramolecular Hbond substituents is 1. The van der Waals surface area contributed by atoms with E-state index in [-0.39, 0.29) is 23.6 Å². The van der Waals surface area contributed by atoms with Crippen LogP contribution in [0.25, 0.3) is 11.0 Å².